The lowest BCUT2D eigenvalue weighted by Crippen LogP contribution is -1.77. The highest BCUT2D eigenvalue weighted by Crippen LogP contribution is 2.28. The molecule has 0 amide bonds. The Balaban J connectivity index is 2.62. The summed E-state index contributed by atoms with van der Waals surface area (Å²) in [6.45, 7) is 4.43. The van der Waals surface area contributed by atoms with Crippen molar-refractivity contribution >= 4 is 21.6 Å². The molecule has 2 aromatic heterocycles. The van der Waals surface area contributed by atoms with Crippen molar-refractivity contribution in [3.8, 4) is 0 Å². The maximum atomic E-state index is 4.30. The molecule has 0 aromatic carbocycles. The van der Waals surface area contributed by atoms with Crippen LogP contribution in [-0.2, 0) is 0 Å². The van der Waals surface area contributed by atoms with Crippen molar-refractivity contribution in [2.45, 2.75) is 19.8 Å². The SMILES string of the molecule is CC(C)c1cc2cccnc2s1. The Morgan fingerprint density at radius 1 is 1.42 bits per heavy atom. The maximum absolute atomic E-state index is 4.30. The summed E-state index contributed by atoms with van der Waals surface area (Å²) in [6.07, 6.45) is 1.85. The molecule has 0 saturated carbocycles. The summed E-state index contributed by atoms with van der Waals surface area (Å²) >= 11 is 1.79. The highest BCUT2D eigenvalue weighted by molar-refractivity contribution is 7.18. The van der Waals surface area contributed by atoms with E-state index < -0.39 is 0 Å². The lowest BCUT2D eigenvalue weighted by atomic mass is 10.2. The van der Waals surface area contributed by atoms with E-state index >= 15 is 0 Å². The van der Waals surface area contributed by atoms with Crippen LogP contribution in [0.2, 0.25) is 0 Å². The Labute approximate surface area is 76.1 Å². The van der Waals surface area contributed by atoms with Crippen LogP contribution in [-0.4, -0.2) is 4.98 Å². The molecule has 0 fully saturated rings. The van der Waals surface area contributed by atoms with Crippen molar-refractivity contribution in [3.05, 3.63) is 29.3 Å². The third-order valence-electron chi connectivity index (χ3n) is 1.88. The first-order chi connectivity index (χ1) is 5.77. The van der Waals surface area contributed by atoms with Crippen molar-refractivity contribution in [1.82, 2.24) is 4.98 Å². The zero-order valence-corrected chi connectivity index (χ0v) is 8.06. The first-order valence-corrected chi connectivity index (χ1v) is 4.93. The lowest BCUT2D eigenvalue weighted by Gasteiger charge is -1.95. The largest absolute Gasteiger partial charge is 0.245 e. The van der Waals surface area contributed by atoms with Crippen molar-refractivity contribution < 1.29 is 0 Å². The quantitative estimate of drug-likeness (QED) is 0.650. The molecule has 2 rings (SSSR count). The normalized spacial score (nSPS) is 11.2. The van der Waals surface area contributed by atoms with Crippen LogP contribution in [0.4, 0.5) is 0 Å². The van der Waals surface area contributed by atoms with Crippen LogP contribution in [0.1, 0.15) is 24.6 Å². The predicted octanol–water partition coefficient (Wildman–Crippen LogP) is 3.42. The second-order valence-corrected chi connectivity index (χ2v) is 4.26. The molecule has 2 heterocycles. The molecule has 0 bridgehead atoms. The molecule has 1 nitrogen and oxygen atoms in total. The Hall–Kier alpha value is -0.890. The zero-order chi connectivity index (χ0) is 8.55. The first-order valence-electron chi connectivity index (χ1n) is 4.12. The van der Waals surface area contributed by atoms with E-state index in [0.29, 0.717) is 5.92 Å². The summed E-state index contributed by atoms with van der Waals surface area (Å²) in [5, 5.41) is 1.27. The molecule has 0 spiro atoms. The van der Waals surface area contributed by atoms with Gasteiger partial charge in [0.05, 0.1) is 0 Å². The molecule has 0 radical (unpaired) electrons. The van der Waals surface area contributed by atoms with Crippen LogP contribution in [0.25, 0.3) is 10.2 Å². The van der Waals surface area contributed by atoms with Gasteiger partial charge in [0.25, 0.3) is 0 Å². The first kappa shape index (κ1) is 7.74. The fraction of sp³-hybridized carbons (Fsp3) is 0.300. The van der Waals surface area contributed by atoms with Gasteiger partial charge in [-0.05, 0) is 18.1 Å². The van der Waals surface area contributed by atoms with Gasteiger partial charge in [0.2, 0.25) is 0 Å². The van der Waals surface area contributed by atoms with Gasteiger partial charge in [0.1, 0.15) is 4.83 Å². The second kappa shape index (κ2) is 2.87. The van der Waals surface area contributed by atoms with Gasteiger partial charge in [-0.1, -0.05) is 19.9 Å². The molecule has 2 heteroatoms. The van der Waals surface area contributed by atoms with Crippen LogP contribution >= 0.6 is 11.3 Å². The van der Waals surface area contributed by atoms with E-state index in [-0.39, 0.29) is 0 Å². The van der Waals surface area contributed by atoms with Crippen molar-refractivity contribution in [1.29, 1.82) is 0 Å². The summed E-state index contributed by atoms with van der Waals surface area (Å²) in [4.78, 5) is 6.88. The molecule has 62 valence electrons. The van der Waals surface area contributed by atoms with Gasteiger partial charge in [0, 0.05) is 16.5 Å². The summed E-state index contributed by atoms with van der Waals surface area (Å²) in [5.74, 6) is 0.615. The van der Waals surface area contributed by atoms with E-state index in [2.05, 4.69) is 31.0 Å². The van der Waals surface area contributed by atoms with Crippen LogP contribution in [0.15, 0.2) is 24.4 Å². The van der Waals surface area contributed by atoms with Gasteiger partial charge >= 0.3 is 0 Å². The monoisotopic (exact) mass is 177 g/mol. The number of hydrogen-bond acceptors (Lipinski definition) is 2. The van der Waals surface area contributed by atoms with Crippen molar-refractivity contribution in [3.63, 3.8) is 0 Å². The molecular formula is C10H11NS. The number of aromatic nitrogens is 1. The minimum atomic E-state index is 0.615. The highest BCUT2D eigenvalue weighted by Gasteiger charge is 2.04. The number of pyridine rings is 1. The van der Waals surface area contributed by atoms with E-state index in [0.717, 1.165) is 4.83 Å². The van der Waals surface area contributed by atoms with Gasteiger partial charge < -0.3 is 0 Å². The standard InChI is InChI=1S/C10H11NS/c1-7(2)9-6-8-4-3-5-11-10(8)12-9/h3-7H,1-2H3. The van der Waals surface area contributed by atoms with Crippen LogP contribution in [0.3, 0.4) is 0 Å². The smallest absolute Gasteiger partial charge is 0.123 e. The van der Waals surface area contributed by atoms with Gasteiger partial charge in [-0.15, -0.1) is 11.3 Å². The van der Waals surface area contributed by atoms with Crippen molar-refractivity contribution in [2.24, 2.45) is 0 Å². The minimum absolute atomic E-state index is 0.615. The van der Waals surface area contributed by atoms with E-state index in [1.54, 1.807) is 11.3 Å². The number of rotatable bonds is 1. The topological polar surface area (TPSA) is 12.9 Å². The molecule has 0 unspecified atom stereocenters. The highest BCUT2D eigenvalue weighted by atomic mass is 32.1. The molecule has 0 N–H and O–H groups in total. The fourth-order valence-electron chi connectivity index (χ4n) is 1.18. The summed E-state index contributed by atoms with van der Waals surface area (Å²) in [7, 11) is 0. The van der Waals surface area contributed by atoms with E-state index in [9.17, 15) is 0 Å². The van der Waals surface area contributed by atoms with Gasteiger partial charge in [-0.3, -0.25) is 0 Å². The van der Waals surface area contributed by atoms with Crippen molar-refractivity contribution in [2.75, 3.05) is 0 Å². The fourth-order valence-corrected chi connectivity index (χ4v) is 2.18. The predicted molar refractivity (Wildman–Crippen MR) is 53.7 cm³/mol. The van der Waals surface area contributed by atoms with Crippen LogP contribution in [0, 0.1) is 0 Å². The van der Waals surface area contributed by atoms with Crippen LogP contribution < -0.4 is 0 Å². The van der Waals surface area contributed by atoms with Gasteiger partial charge in [0.15, 0.2) is 0 Å². The number of fused-ring (bicyclic) bond motifs is 1. The molecule has 0 atom stereocenters. The van der Waals surface area contributed by atoms with Crippen LogP contribution in [0.5, 0.6) is 0 Å². The van der Waals surface area contributed by atoms with Gasteiger partial charge in [-0.25, -0.2) is 4.98 Å². The maximum Gasteiger partial charge on any atom is 0.123 e. The Bertz CT molecular complexity index is 356. The summed E-state index contributed by atoms with van der Waals surface area (Å²) in [6, 6.07) is 6.33. The molecular weight excluding hydrogens is 166 g/mol. The summed E-state index contributed by atoms with van der Waals surface area (Å²) < 4.78 is 0. The third-order valence-corrected chi connectivity index (χ3v) is 3.24. The number of thiophene rings is 1. The Kier molecular flexibility index (Phi) is 1.85. The molecule has 0 aliphatic carbocycles. The average Bonchev–Trinajstić information content (AvgIpc) is 2.46. The molecule has 0 saturated heterocycles. The van der Waals surface area contributed by atoms with E-state index in [4.69, 9.17) is 0 Å². The minimum Gasteiger partial charge on any atom is -0.245 e. The lowest BCUT2D eigenvalue weighted by molar-refractivity contribution is 0.890. The van der Waals surface area contributed by atoms with E-state index in [1.165, 1.54) is 10.3 Å². The number of hydrogen-bond donors (Lipinski definition) is 0. The van der Waals surface area contributed by atoms with E-state index in [1.807, 2.05) is 12.3 Å². The van der Waals surface area contributed by atoms with Gasteiger partial charge in [-0.2, -0.15) is 0 Å². The second-order valence-electron chi connectivity index (χ2n) is 3.20. The molecule has 2 aromatic rings. The summed E-state index contributed by atoms with van der Waals surface area (Å²) in [5.41, 5.74) is 0. The number of nitrogens with zero attached hydrogens (tertiary/aromatic N) is 1. The zero-order valence-electron chi connectivity index (χ0n) is 7.24. The molecule has 0 aliphatic heterocycles. The molecule has 12 heavy (non-hydrogen) atoms. The average molecular weight is 177 g/mol. The molecule has 0 aliphatic rings. The Morgan fingerprint density at radius 2 is 2.25 bits per heavy atom. The third kappa shape index (κ3) is 1.23. The Morgan fingerprint density at radius 3 is 2.92 bits per heavy atom.